The molecule has 0 saturated heterocycles. The van der Waals surface area contributed by atoms with Crippen molar-refractivity contribution in [3.63, 3.8) is 0 Å². The second kappa shape index (κ2) is 6.59. The Morgan fingerprint density at radius 2 is 2.08 bits per heavy atom. The van der Waals surface area contributed by atoms with E-state index in [4.69, 9.17) is 0 Å². The van der Waals surface area contributed by atoms with Gasteiger partial charge in [-0.25, -0.2) is 0 Å². The van der Waals surface area contributed by atoms with Crippen molar-refractivity contribution in [1.29, 1.82) is 0 Å². The predicted octanol–water partition coefficient (Wildman–Crippen LogP) is 3.36. The Bertz CT molecular complexity index is 197. The summed E-state index contributed by atoms with van der Waals surface area (Å²) in [5, 5.41) is 0. The standard InChI is InChI=1S/C11H17N/c1-5-7-11(8-10(3)4)9-12-6-2/h5-7,9-10H,1-2,8H2,3-4H3/b11-7-,12-9-. The molecule has 0 bridgehead atoms. The number of hydrogen-bond acceptors (Lipinski definition) is 1. The zero-order valence-electron chi connectivity index (χ0n) is 7.96. The number of rotatable bonds is 5. The molecule has 0 aromatic heterocycles. The molecular weight excluding hydrogens is 146 g/mol. The molecule has 0 aromatic carbocycles. The fourth-order valence-electron chi connectivity index (χ4n) is 0.935. The van der Waals surface area contributed by atoms with Gasteiger partial charge in [0.25, 0.3) is 0 Å². The minimum Gasteiger partial charge on any atom is -0.265 e. The maximum Gasteiger partial charge on any atom is 0.0299 e. The largest absolute Gasteiger partial charge is 0.265 e. The van der Waals surface area contributed by atoms with E-state index in [9.17, 15) is 0 Å². The molecule has 0 aliphatic carbocycles. The molecule has 0 heterocycles. The van der Waals surface area contributed by atoms with Gasteiger partial charge in [0.2, 0.25) is 0 Å². The van der Waals surface area contributed by atoms with E-state index in [0.717, 1.165) is 6.42 Å². The third-order valence-corrected chi connectivity index (χ3v) is 1.32. The quantitative estimate of drug-likeness (QED) is 0.435. The van der Waals surface area contributed by atoms with Crippen LogP contribution in [0.2, 0.25) is 0 Å². The third-order valence-electron chi connectivity index (χ3n) is 1.32. The van der Waals surface area contributed by atoms with Crippen molar-refractivity contribution in [3.05, 3.63) is 37.1 Å². The van der Waals surface area contributed by atoms with Crippen LogP contribution in [-0.4, -0.2) is 6.21 Å². The molecule has 0 rings (SSSR count). The second-order valence-electron chi connectivity index (χ2n) is 3.04. The summed E-state index contributed by atoms with van der Waals surface area (Å²) in [4.78, 5) is 3.97. The van der Waals surface area contributed by atoms with Crippen LogP contribution in [0.1, 0.15) is 20.3 Å². The summed E-state index contributed by atoms with van der Waals surface area (Å²) in [7, 11) is 0. The Kier molecular flexibility index (Phi) is 5.98. The SMILES string of the molecule is C=C/C=C(\C=N/C=C)CC(C)C. The maximum atomic E-state index is 3.97. The molecule has 0 radical (unpaired) electrons. The highest BCUT2D eigenvalue weighted by molar-refractivity contribution is 5.79. The molecular formula is C11H17N. The summed E-state index contributed by atoms with van der Waals surface area (Å²) >= 11 is 0. The molecule has 0 saturated carbocycles. The van der Waals surface area contributed by atoms with E-state index in [1.54, 1.807) is 6.08 Å². The zero-order chi connectivity index (χ0) is 9.40. The van der Waals surface area contributed by atoms with Gasteiger partial charge < -0.3 is 0 Å². The normalized spacial score (nSPS) is 12.4. The van der Waals surface area contributed by atoms with Crippen LogP contribution in [0, 0.1) is 5.92 Å². The van der Waals surface area contributed by atoms with Gasteiger partial charge in [0, 0.05) is 12.4 Å². The van der Waals surface area contributed by atoms with Gasteiger partial charge in [-0.15, -0.1) is 0 Å². The molecule has 0 fully saturated rings. The number of nitrogens with zero attached hydrogens (tertiary/aromatic N) is 1. The molecule has 0 unspecified atom stereocenters. The smallest absolute Gasteiger partial charge is 0.0299 e. The van der Waals surface area contributed by atoms with Crippen LogP contribution < -0.4 is 0 Å². The fourth-order valence-corrected chi connectivity index (χ4v) is 0.935. The average Bonchev–Trinajstić information content (AvgIpc) is 2.00. The minimum absolute atomic E-state index is 0.646. The van der Waals surface area contributed by atoms with Gasteiger partial charge in [0.1, 0.15) is 0 Å². The fraction of sp³-hybridized carbons (Fsp3) is 0.364. The molecule has 0 N–H and O–H groups in total. The number of aliphatic imine (C=N–C) groups is 1. The highest BCUT2D eigenvalue weighted by Gasteiger charge is 1.96. The van der Waals surface area contributed by atoms with E-state index in [0.29, 0.717) is 5.92 Å². The van der Waals surface area contributed by atoms with Crippen molar-refractivity contribution in [3.8, 4) is 0 Å². The third kappa shape index (κ3) is 5.66. The molecule has 1 nitrogen and oxygen atoms in total. The summed E-state index contributed by atoms with van der Waals surface area (Å²) in [6, 6.07) is 0. The summed E-state index contributed by atoms with van der Waals surface area (Å²) in [6.07, 6.45) is 8.16. The van der Waals surface area contributed by atoms with Crippen LogP contribution >= 0.6 is 0 Å². The Morgan fingerprint density at radius 3 is 2.50 bits per heavy atom. The Labute approximate surface area is 75.2 Å². The van der Waals surface area contributed by atoms with Crippen LogP contribution in [0.25, 0.3) is 0 Å². The summed E-state index contributed by atoms with van der Waals surface area (Å²) in [6.45, 7) is 11.5. The van der Waals surface area contributed by atoms with Gasteiger partial charge in [-0.3, -0.25) is 4.99 Å². The lowest BCUT2D eigenvalue weighted by atomic mass is 10.0. The molecule has 66 valence electrons. The van der Waals surface area contributed by atoms with E-state index >= 15 is 0 Å². The van der Waals surface area contributed by atoms with Crippen LogP contribution in [0.5, 0.6) is 0 Å². The summed E-state index contributed by atoms with van der Waals surface area (Å²) < 4.78 is 0. The van der Waals surface area contributed by atoms with Crippen LogP contribution in [0.3, 0.4) is 0 Å². The zero-order valence-corrected chi connectivity index (χ0v) is 7.96. The average molecular weight is 163 g/mol. The molecule has 1 heteroatoms. The van der Waals surface area contributed by atoms with Gasteiger partial charge >= 0.3 is 0 Å². The lowest BCUT2D eigenvalue weighted by molar-refractivity contribution is 0.655. The molecule has 0 aliphatic heterocycles. The van der Waals surface area contributed by atoms with Crippen molar-refractivity contribution in [2.75, 3.05) is 0 Å². The highest BCUT2D eigenvalue weighted by atomic mass is 14.7. The van der Waals surface area contributed by atoms with Crippen LogP contribution in [0.4, 0.5) is 0 Å². The van der Waals surface area contributed by atoms with E-state index in [1.807, 2.05) is 12.3 Å². The molecule has 12 heavy (non-hydrogen) atoms. The monoisotopic (exact) mass is 163 g/mol. The van der Waals surface area contributed by atoms with Crippen molar-refractivity contribution >= 4 is 6.21 Å². The summed E-state index contributed by atoms with van der Waals surface area (Å²) in [5.41, 5.74) is 1.19. The van der Waals surface area contributed by atoms with Crippen molar-refractivity contribution < 1.29 is 0 Å². The Hall–Kier alpha value is -1.11. The topological polar surface area (TPSA) is 12.4 Å². The number of allylic oxidation sites excluding steroid dienone is 3. The van der Waals surface area contributed by atoms with Gasteiger partial charge in [0.05, 0.1) is 0 Å². The van der Waals surface area contributed by atoms with Crippen molar-refractivity contribution in [2.24, 2.45) is 10.9 Å². The van der Waals surface area contributed by atoms with Gasteiger partial charge in [0.15, 0.2) is 0 Å². The van der Waals surface area contributed by atoms with E-state index in [2.05, 4.69) is 32.0 Å². The van der Waals surface area contributed by atoms with Crippen LogP contribution in [-0.2, 0) is 0 Å². The molecule has 0 aliphatic rings. The number of hydrogen-bond donors (Lipinski definition) is 0. The minimum atomic E-state index is 0.646. The summed E-state index contributed by atoms with van der Waals surface area (Å²) in [5.74, 6) is 0.646. The molecule has 0 aromatic rings. The van der Waals surface area contributed by atoms with Gasteiger partial charge in [-0.2, -0.15) is 0 Å². The lowest BCUT2D eigenvalue weighted by Crippen LogP contribution is -1.92. The van der Waals surface area contributed by atoms with Crippen molar-refractivity contribution in [2.45, 2.75) is 20.3 Å². The lowest BCUT2D eigenvalue weighted by Gasteiger charge is -2.03. The highest BCUT2D eigenvalue weighted by Crippen LogP contribution is 2.08. The first-order valence-electron chi connectivity index (χ1n) is 4.16. The van der Waals surface area contributed by atoms with E-state index in [-0.39, 0.29) is 0 Å². The van der Waals surface area contributed by atoms with Crippen LogP contribution in [0.15, 0.2) is 42.1 Å². The second-order valence-corrected chi connectivity index (χ2v) is 3.04. The predicted molar refractivity (Wildman–Crippen MR) is 56.4 cm³/mol. The van der Waals surface area contributed by atoms with Crippen molar-refractivity contribution in [1.82, 2.24) is 0 Å². The molecule has 0 amide bonds. The van der Waals surface area contributed by atoms with E-state index < -0.39 is 0 Å². The first kappa shape index (κ1) is 10.9. The first-order valence-corrected chi connectivity index (χ1v) is 4.16. The maximum absolute atomic E-state index is 3.97. The first-order chi connectivity index (χ1) is 5.70. The molecule has 0 spiro atoms. The Morgan fingerprint density at radius 1 is 1.42 bits per heavy atom. The van der Waals surface area contributed by atoms with Gasteiger partial charge in [-0.1, -0.05) is 39.2 Å². The molecule has 0 atom stereocenters. The van der Waals surface area contributed by atoms with E-state index in [1.165, 1.54) is 11.8 Å². The Balaban J connectivity index is 4.23. The van der Waals surface area contributed by atoms with Gasteiger partial charge in [-0.05, 0) is 17.9 Å².